The molecule has 0 aliphatic rings. The minimum atomic E-state index is 0.192. The zero-order valence-electron chi connectivity index (χ0n) is 6.14. The molecular weight excluding hydrogens is 116 g/mol. The number of carbonyl (C=O) groups excluding carboxylic acids is 1. The molecule has 0 amide bonds. The summed E-state index contributed by atoms with van der Waals surface area (Å²) < 4.78 is 0. The van der Waals surface area contributed by atoms with E-state index >= 15 is 0 Å². The number of hydrazine groups is 1. The maximum atomic E-state index is 9.81. The van der Waals surface area contributed by atoms with Crippen molar-refractivity contribution < 1.29 is 4.79 Å². The van der Waals surface area contributed by atoms with Crippen molar-refractivity contribution in [2.24, 2.45) is 0 Å². The first kappa shape index (κ1) is 8.59. The van der Waals surface area contributed by atoms with Gasteiger partial charge in [-0.2, -0.15) is 0 Å². The van der Waals surface area contributed by atoms with Gasteiger partial charge in [0.05, 0.1) is 0 Å². The average Bonchev–Trinajstić information content (AvgIpc) is 1.63. The Labute approximate surface area is 56.0 Å². The van der Waals surface area contributed by atoms with E-state index in [4.69, 9.17) is 0 Å². The minimum Gasteiger partial charge on any atom is -0.291 e. The molecule has 0 saturated heterocycles. The van der Waals surface area contributed by atoms with E-state index < -0.39 is 0 Å². The predicted octanol–water partition coefficient (Wildman–Crippen LogP) is -0.0591. The van der Waals surface area contributed by atoms with Gasteiger partial charge in [0, 0.05) is 26.6 Å². The Morgan fingerprint density at radius 1 is 1.67 bits per heavy atom. The van der Waals surface area contributed by atoms with Crippen LogP contribution in [-0.2, 0) is 4.79 Å². The lowest BCUT2D eigenvalue weighted by atomic mass is 10.3. The quantitative estimate of drug-likeness (QED) is 0.540. The first-order valence-electron chi connectivity index (χ1n) is 2.95. The highest BCUT2D eigenvalue weighted by Crippen LogP contribution is 1.84. The Kier molecular flexibility index (Phi) is 4.26. The van der Waals surface area contributed by atoms with Crippen molar-refractivity contribution in [1.82, 2.24) is 10.4 Å². The maximum absolute atomic E-state index is 9.81. The Morgan fingerprint density at radius 3 is 2.56 bits per heavy atom. The molecule has 0 rings (SSSR count). The lowest BCUT2D eigenvalue weighted by Crippen LogP contribution is -2.37. The van der Waals surface area contributed by atoms with Crippen molar-refractivity contribution in [3.8, 4) is 0 Å². The summed E-state index contributed by atoms with van der Waals surface area (Å²) in [7, 11) is 3.78. The van der Waals surface area contributed by atoms with Crippen molar-refractivity contribution in [3.05, 3.63) is 0 Å². The number of rotatable bonds is 4. The highest BCUT2D eigenvalue weighted by Gasteiger charge is 1.99. The topological polar surface area (TPSA) is 32.3 Å². The van der Waals surface area contributed by atoms with Gasteiger partial charge in [0.25, 0.3) is 0 Å². The number of hydrogen-bond acceptors (Lipinski definition) is 3. The molecule has 0 aromatic rings. The smallest absolute Gasteiger partial charge is 0.200 e. The molecule has 0 aliphatic heterocycles. The molecule has 0 aliphatic carbocycles. The highest BCUT2D eigenvalue weighted by molar-refractivity contribution is 5.51. The monoisotopic (exact) mass is 129 g/mol. The third-order valence-electron chi connectivity index (χ3n) is 0.868. The maximum Gasteiger partial charge on any atom is 0.200 e. The van der Waals surface area contributed by atoms with E-state index in [0.29, 0.717) is 6.42 Å². The lowest BCUT2D eigenvalue weighted by Gasteiger charge is -2.16. The molecule has 0 saturated carbocycles. The largest absolute Gasteiger partial charge is 0.291 e. The second-order valence-corrected chi connectivity index (χ2v) is 2.27. The fraction of sp³-hybridized carbons (Fsp3) is 0.833. The summed E-state index contributed by atoms with van der Waals surface area (Å²) in [6.45, 7) is 1.94. The fourth-order valence-electron chi connectivity index (χ4n) is 0.611. The molecule has 0 aromatic carbocycles. The summed E-state index contributed by atoms with van der Waals surface area (Å²) >= 11 is 0. The van der Waals surface area contributed by atoms with Crippen molar-refractivity contribution >= 4 is 6.29 Å². The third kappa shape index (κ3) is 5.46. The van der Waals surface area contributed by atoms with Crippen LogP contribution in [-0.4, -0.2) is 31.4 Å². The van der Waals surface area contributed by atoms with E-state index in [2.05, 4.69) is 5.43 Å². The standard InChI is InChI=1S/C6H13N2O/c1-6(4-5-9)7-8(2)3/h6-7H,4H2,1-3H3. The molecule has 9 heavy (non-hydrogen) atoms. The van der Waals surface area contributed by atoms with Crippen molar-refractivity contribution in [2.45, 2.75) is 19.4 Å². The van der Waals surface area contributed by atoms with Gasteiger partial charge in [0.15, 0.2) is 6.29 Å². The van der Waals surface area contributed by atoms with Gasteiger partial charge in [-0.15, -0.1) is 0 Å². The van der Waals surface area contributed by atoms with Crippen LogP contribution in [0.5, 0.6) is 0 Å². The van der Waals surface area contributed by atoms with Gasteiger partial charge in [-0.25, -0.2) is 0 Å². The first-order chi connectivity index (χ1) is 4.16. The van der Waals surface area contributed by atoms with Crippen molar-refractivity contribution in [2.75, 3.05) is 14.1 Å². The summed E-state index contributed by atoms with van der Waals surface area (Å²) in [6.07, 6.45) is 2.28. The first-order valence-corrected chi connectivity index (χ1v) is 2.95. The molecule has 1 radical (unpaired) electrons. The SMILES string of the molecule is CC(C[C]=O)NN(C)C. The molecular formula is C6H13N2O. The van der Waals surface area contributed by atoms with Crippen LogP contribution in [0.4, 0.5) is 0 Å². The van der Waals surface area contributed by atoms with E-state index in [1.165, 1.54) is 0 Å². The van der Waals surface area contributed by atoms with Crippen LogP contribution in [0.1, 0.15) is 13.3 Å². The molecule has 0 bridgehead atoms. The Hall–Kier alpha value is -0.410. The summed E-state index contributed by atoms with van der Waals surface area (Å²) in [6, 6.07) is 0.192. The van der Waals surface area contributed by atoms with Crippen LogP contribution in [0, 0.1) is 0 Å². The van der Waals surface area contributed by atoms with Gasteiger partial charge in [0.1, 0.15) is 0 Å². The van der Waals surface area contributed by atoms with Gasteiger partial charge in [-0.3, -0.25) is 15.2 Å². The fourth-order valence-corrected chi connectivity index (χ4v) is 0.611. The Bertz CT molecular complexity index is 83.1. The van der Waals surface area contributed by atoms with Crippen LogP contribution < -0.4 is 5.43 Å². The summed E-state index contributed by atoms with van der Waals surface area (Å²) in [5.41, 5.74) is 3.01. The molecule has 53 valence electrons. The minimum absolute atomic E-state index is 0.192. The highest BCUT2D eigenvalue weighted by atomic mass is 16.1. The summed E-state index contributed by atoms with van der Waals surface area (Å²) in [5.74, 6) is 0. The van der Waals surface area contributed by atoms with Crippen LogP contribution >= 0.6 is 0 Å². The molecule has 3 nitrogen and oxygen atoms in total. The van der Waals surface area contributed by atoms with Gasteiger partial charge in [-0.05, 0) is 6.92 Å². The van der Waals surface area contributed by atoms with E-state index in [0.717, 1.165) is 0 Å². The molecule has 0 fully saturated rings. The molecule has 1 N–H and O–H groups in total. The van der Waals surface area contributed by atoms with Gasteiger partial charge in [-0.1, -0.05) is 0 Å². The second-order valence-electron chi connectivity index (χ2n) is 2.27. The van der Waals surface area contributed by atoms with Gasteiger partial charge >= 0.3 is 0 Å². The van der Waals surface area contributed by atoms with E-state index in [1.54, 1.807) is 0 Å². The molecule has 0 aromatic heterocycles. The van der Waals surface area contributed by atoms with Gasteiger partial charge in [0.2, 0.25) is 0 Å². The summed E-state index contributed by atoms with van der Waals surface area (Å²) in [5, 5.41) is 1.82. The number of nitrogens with one attached hydrogen (secondary N) is 1. The molecule has 1 unspecified atom stereocenters. The van der Waals surface area contributed by atoms with Crippen molar-refractivity contribution in [3.63, 3.8) is 0 Å². The second kappa shape index (κ2) is 4.47. The van der Waals surface area contributed by atoms with E-state index in [1.807, 2.05) is 32.3 Å². The van der Waals surface area contributed by atoms with Crippen LogP contribution in [0.15, 0.2) is 0 Å². The lowest BCUT2D eigenvalue weighted by molar-refractivity contribution is 0.252. The average molecular weight is 129 g/mol. The molecule has 0 spiro atoms. The summed E-state index contributed by atoms with van der Waals surface area (Å²) in [4.78, 5) is 9.81. The normalized spacial score (nSPS) is 13.8. The van der Waals surface area contributed by atoms with Crippen LogP contribution in [0.2, 0.25) is 0 Å². The molecule has 0 heterocycles. The molecule has 1 atom stereocenters. The van der Waals surface area contributed by atoms with Crippen LogP contribution in [0.3, 0.4) is 0 Å². The Balaban J connectivity index is 3.25. The zero-order chi connectivity index (χ0) is 7.28. The number of hydrogen-bond donors (Lipinski definition) is 1. The third-order valence-corrected chi connectivity index (χ3v) is 0.868. The predicted molar refractivity (Wildman–Crippen MR) is 36.6 cm³/mol. The Morgan fingerprint density at radius 2 is 2.22 bits per heavy atom. The van der Waals surface area contributed by atoms with Gasteiger partial charge < -0.3 is 0 Å². The number of nitrogens with zero attached hydrogens (tertiary/aromatic N) is 1. The zero-order valence-corrected chi connectivity index (χ0v) is 6.14. The van der Waals surface area contributed by atoms with E-state index in [-0.39, 0.29) is 6.04 Å². The van der Waals surface area contributed by atoms with E-state index in [9.17, 15) is 4.79 Å². The van der Waals surface area contributed by atoms with Crippen LogP contribution in [0.25, 0.3) is 0 Å². The van der Waals surface area contributed by atoms with Crippen molar-refractivity contribution in [1.29, 1.82) is 0 Å². The molecule has 3 heteroatoms.